The summed E-state index contributed by atoms with van der Waals surface area (Å²) < 4.78 is 23.1. The number of nitrogens with zero attached hydrogens (tertiary/aromatic N) is 1. The van der Waals surface area contributed by atoms with E-state index in [1.54, 1.807) is 0 Å². The molecule has 1 saturated carbocycles. The quantitative estimate of drug-likeness (QED) is 0.686. The lowest BCUT2D eigenvalue weighted by Crippen LogP contribution is -2.49. The minimum atomic E-state index is 0.0349. The average molecular weight is 416 g/mol. The van der Waals surface area contributed by atoms with E-state index in [0.717, 1.165) is 50.3 Å². The molecule has 1 aliphatic carbocycles. The minimum Gasteiger partial charge on any atom is -0.486 e. The first-order chi connectivity index (χ1) is 14.7. The van der Waals surface area contributed by atoms with Gasteiger partial charge in [0.15, 0.2) is 11.5 Å². The van der Waals surface area contributed by atoms with Crippen LogP contribution in [0, 0.1) is 0 Å². The molecule has 1 spiro atoms. The molecule has 0 aromatic heterocycles. The second-order valence-electron chi connectivity index (χ2n) is 9.23. The fourth-order valence-electron chi connectivity index (χ4n) is 5.70. The SMILES string of the molecule is CC1c2cc3c(cc2C2(CCCC2)CN1C(=O)CCOCC1CCCO1)OCCO3. The number of carbonyl (C=O) groups excluding carboxylic acids is 1. The average Bonchev–Trinajstić information content (AvgIpc) is 3.45. The smallest absolute Gasteiger partial charge is 0.225 e. The summed E-state index contributed by atoms with van der Waals surface area (Å²) in [6, 6.07) is 4.37. The highest BCUT2D eigenvalue weighted by Crippen LogP contribution is 2.52. The number of amides is 1. The third-order valence-electron chi connectivity index (χ3n) is 7.35. The summed E-state index contributed by atoms with van der Waals surface area (Å²) in [7, 11) is 0. The third kappa shape index (κ3) is 3.69. The summed E-state index contributed by atoms with van der Waals surface area (Å²) in [6.45, 7) is 6.01. The molecule has 3 aliphatic heterocycles. The van der Waals surface area contributed by atoms with Crippen LogP contribution in [0.1, 0.15) is 69.0 Å². The van der Waals surface area contributed by atoms with Crippen molar-refractivity contribution in [1.29, 1.82) is 0 Å². The summed E-state index contributed by atoms with van der Waals surface area (Å²) in [6.07, 6.45) is 7.49. The van der Waals surface area contributed by atoms with E-state index in [2.05, 4.69) is 24.0 Å². The molecular formula is C24H33NO5. The van der Waals surface area contributed by atoms with Gasteiger partial charge in [-0.2, -0.15) is 0 Å². The molecule has 2 fully saturated rings. The molecule has 3 heterocycles. The second-order valence-corrected chi connectivity index (χ2v) is 9.23. The fourth-order valence-corrected chi connectivity index (χ4v) is 5.70. The van der Waals surface area contributed by atoms with Gasteiger partial charge in [-0.05, 0) is 55.9 Å². The van der Waals surface area contributed by atoms with Crippen LogP contribution < -0.4 is 9.47 Å². The molecule has 164 valence electrons. The van der Waals surface area contributed by atoms with Gasteiger partial charge < -0.3 is 23.8 Å². The van der Waals surface area contributed by atoms with Crippen molar-refractivity contribution in [3.8, 4) is 11.5 Å². The van der Waals surface area contributed by atoms with Gasteiger partial charge in [-0.1, -0.05) is 12.8 Å². The van der Waals surface area contributed by atoms with E-state index in [1.807, 2.05) is 0 Å². The van der Waals surface area contributed by atoms with Crippen molar-refractivity contribution in [2.75, 3.05) is 39.6 Å². The van der Waals surface area contributed by atoms with Gasteiger partial charge in [0.2, 0.25) is 5.91 Å². The zero-order chi connectivity index (χ0) is 20.6. The number of hydrogen-bond donors (Lipinski definition) is 0. The van der Waals surface area contributed by atoms with E-state index in [9.17, 15) is 4.79 Å². The van der Waals surface area contributed by atoms with Gasteiger partial charge in [0, 0.05) is 18.6 Å². The van der Waals surface area contributed by atoms with Gasteiger partial charge in [0.05, 0.1) is 31.8 Å². The molecule has 1 aromatic rings. The maximum Gasteiger partial charge on any atom is 0.225 e. The lowest BCUT2D eigenvalue weighted by Gasteiger charge is -2.46. The number of ether oxygens (including phenoxy) is 4. The molecule has 1 saturated heterocycles. The van der Waals surface area contributed by atoms with Crippen molar-refractivity contribution in [3.63, 3.8) is 0 Å². The van der Waals surface area contributed by atoms with Crippen molar-refractivity contribution < 1.29 is 23.7 Å². The Kier molecular flexibility index (Phi) is 5.63. The zero-order valence-corrected chi connectivity index (χ0v) is 18.0. The largest absolute Gasteiger partial charge is 0.486 e. The monoisotopic (exact) mass is 415 g/mol. The van der Waals surface area contributed by atoms with Crippen molar-refractivity contribution in [2.45, 2.75) is 69.4 Å². The van der Waals surface area contributed by atoms with E-state index in [0.29, 0.717) is 32.8 Å². The van der Waals surface area contributed by atoms with Gasteiger partial charge in [0.1, 0.15) is 13.2 Å². The van der Waals surface area contributed by atoms with Crippen molar-refractivity contribution in [3.05, 3.63) is 23.3 Å². The first-order valence-electron chi connectivity index (χ1n) is 11.6. The van der Waals surface area contributed by atoms with Crippen LogP contribution in [0.4, 0.5) is 0 Å². The van der Waals surface area contributed by atoms with E-state index in [4.69, 9.17) is 18.9 Å². The first-order valence-corrected chi connectivity index (χ1v) is 11.6. The van der Waals surface area contributed by atoms with E-state index in [-0.39, 0.29) is 23.5 Å². The highest BCUT2D eigenvalue weighted by Gasteiger charge is 2.46. The Balaban J connectivity index is 1.32. The maximum absolute atomic E-state index is 13.2. The van der Waals surface area contributed by atoms with Crippen LogP contribution in [0.15, 0.2) is 12.1 Å². The van der Waals surface area contributed by atoms with Gasteiger partial charge in [-0.15, -0.1) is 0 Å². The van der Waals surface area contributed by atoms with Gasteiger partial charge in [-0.3, -0.25) is 4.79 Å². The number of carbonyl (C=O) groups is 1. The Morgan fingerprint density at radius 1 is 1.13 bits per heavy atom. The van der Waals surface area contributed by atoms with Crippen molar-refractivity contribution in [2.24, 2.45) is 0 Å². The van der Waals surface area contributed by atoms with Crippen molar-refractivity contribution >= 4 is 5.91 Å². The Bertz CT molecular complexity index is 782. The molecule has 0 radical (unpaired) electrons. The Morgan fingerprint density at radius 3 is 2.63 bits per heavy atom. The third-order valence-corrected chi connectivity index (χ3v) is 7.35. The molecule has 0 N–H and O–H groups in total. The summed E-state index contributed by atoms with van der Waals surface area (Å²) in [4.78, 5) is 15.3. The molecule has 5 rings (SSSR count). The fraction of sp³-hybridized carbons (Fsp3) is 0.708. The highest BCUT2D eigenvalue weighted by molar-refractivity contribution is 5.78. The minimum absolute atomic E-state index is 0.0349. The molecule has 30 heavy (non-hydrogen) atoms. The van der Waals surface area contributed by atoms with Gasteiger partial charge >= 0.3 is 0 Å². The van der Waals surface area contributed by atoms with E-state index in [1.165, 1.54) is 24.0 Å². The summed E-state index contributed by atoms with van der Waals surface area (Å²) in [5.74, 6) is 1.86. The van der Waals surface area contributed by atoms with Crippen molar-refractivity contribution in [1.82, 2.24) is 4.90 Å². The van der Waals surface area contributed by atoms with Crippen LogP contribution >= 0.6 is 0 Å². The summed E-state index contributed by atoms with van der Waals surface area (Å²) >= 11 is 0. The first kappa shape index (κ1) is 20.1. The second kappa shape index (κ2) is 8.39. The lowest BCUT2D eigenvalue weighted by atomic mass is 9.71. The Labute approximate surface area is 178 Å². The molecule has 4 aliphatic rings. The standard InChI is InChI=1S/C24H33NO5/c1-17-19-13-21-22(30-12-11-29-21)14-20(19)24(7-2-3-8-24)16-25(17)23(26)6-10-27-15-18-5-4-9-28-18/h13-14,17-18H,2-12,15-16H2,1H3. The van der Waals surface area contributed by atoms with Crippen LogP contribution in [0.3, 0.4) is 0 Å². The molecule has 2 atom stereocenters. The molecular weight excluding hydrogens is 382 g/mol. The zero-order valence-electron chi connectivity index (χ0n) is 18.0. The predicted octanol–water partition coefficient (Wildman–Crippen LogP) is 3.76. The molecule has 1 amide bonds. The molecule has 1 aromatic carbocycles. The lowest BCUT2D eigenvalue weighted by molar-refractivity contribution is -0.136. The highest BCUT2D eigenvalue weighted by atomic mass is 16.6. The normalized spacial score (nSPS) is 26.8. The van der Waals surface area contributed by atoms with Gasteiger partial charge in [0.25, 0.3) is 0 Å². The number of rotatable bonds is 5. The molecule has 6 heteroatoms. The van der Waals surface area contributed by atoms with Crippen LogP contribution in [-0.4, -0.2) is 56.5 Å². The predicted molar refractivity (Wildman–Crippen MR) is 112 cm³/mol. The topological polar surface area (TPSA) is 57.2 Å². The number of fused-ring (bicyclic) bond motifs is 3. The van der Waals surface area contributed by atoms with E-state index < -0.39 is 0 Å². The van der Waals surface area contributed by atoms with Gasteiger partial charge in [-0.25, -0.2) is 0 Å². The summed E-state index contributed by atoms with van der Waals surface area (Å²) in [5, 5.41) is 0. The number of hydrogen-bond acceptors (Lipinski definition) is 5. The Hall–Kier alpha value is -1.79. The molecule has 6 nitrogen and oxygen atoms in total. The van der Waals surface area contributed by atoms with Crippen LogP contribution in [0.5, 0.6) is 11.5 Å². The van der Waals surface area contributed by atoms with E-state index >= 15 is 0 Å². The number of benzene rings is 1. The van der Waals surface area contributed by atoms with Crippen LogP contribution in [0.2, 0.25) is 0 Å². The summed E-state index contributed by atoms with van der Waals surface area (Å²) in [5.41, 5.74) is 2.64. The Morgan fingerprint density at radius 2 is 1.90 bits per heavy atom. The molecule has 2 unspecified atom stereocenters. The molecule has 0 bridgehead atoms. The maximum atomic E-state index is 13.2. The van der Waals surface area contributed by atoms with Crippen LogP contribution in [0.25, 0.3) is 0 Å². The van der Waals surface area contributed by atoms with Crippen LogP contribution in [-0.2, 0) is 19.7 Å².